The summed E-state index contributed by atoms with van der Waals surface area (Å²) < 4.78 is 1.86. The first-order valence-corrected chi connectivity index (χ1v) is 7.56. The number of benzene rings is 1. The van der Waals surface area contributed by atoms with E-state index in [4.69, 9.17) is 5.11 Å². The van der Waals surface area contributed by atoms with E-state index in [-0.39, 0.29) is 6.61 Å². The molecule has 114 valence electrons. The zero-order valence-electron chi connectivity index (χ0n) is 13.0. The summed E-state index contributed by atoms with van der Waals surface area (Å²) in [5.41, 5.74) is 3.90. The molecule has 1 aromatic heterocycles. The molecule has 0 spiro atoms. The molecule has 1 aromatic carbocycles. The van der Waals surface area contributed by atoms with Gasteiger partial charge in [0.15, 0.2) is 0 Å². The largest absolute Gasteiger partial charge is 0.393 e. The molecule has 1 atom stereocenters. The van der Waals surface area contributed by atoms with Crippen LogP contribution in [0.25, 0.3) is 5.69 Å². The molecule has 4 heteroatoms. The molecule has 1 heterocycles. The zero-order valence-corrected chi connectivity index (χ0v) is 13.0. The average molecular weight is 288 g/mol. The highest BCUT2D eigenvalue weighted by Gasteiger charge is 2.16. The molecule has 0 bridgehead atoms. The van der Waals surface area contributed by atoms with Crippen LogP contribution in [0.1, 0.15) is 55.5 Å². The monoisotopic (exact) mass is 288 g/mol. The third-order valence-corrected chi connectivity index (χ3v) is 4.01. The van der Waals surface area contributed by atoms with Gasteiger partial charge in [0.25, 0.3) is 0 Å². The van der Waals surface area contributed by atoms with Crippen LogP contribution < -0.4 is 0 Å². The fourth-order valence-corrected chi connectivity index (χ4v) is 2.69. The van der Waals surface area contributed by atoms with Crippen LogP contribution in [0.5, 0.6) is 0 Å². The molecular formula is C17H24N2O2. The van der Waals surface area contributed by atoms with E-state index in [0.717, 1.165) is 29.8 Å². The van der Waals surface area contributed by atoms with Crippen molar-refractivity contribution < 1.29 is 10.2 Å². The lowest BCUT2D eigenvalue weighted by Gasteiger charge is -2.20. The molecule has 1 unspecified atom stereocenters. The van der Waals surface area contributed by atoms with Crippen LogP contribution in [-0.2, 0) is 0 Å². The van der Waals surface area contributed by atoms with Crippen LogP contribution in [0, 0.1) is 6.92 Å². The summed E-state index contributed by atoms with van der Waals surface area (Å²) in [6, 6.07) is 7.85. The van der Waals surface area contributed by atoms with Crippen molar-refractivity contribution in [3.05, 3.63) is 47.3 Å². The zero-order chi connectivity index (χ0) is 15.4. The SMILES string of the molecule is CCC(CC)c1ccc(C(O)CO)cc1-n1ccc(C)n1. The molecule has 21 heavy (non-hydrogen) atoms. The van der Waals surface area contributed by atoms with Crippen LogP contribution in [0.2, 0.25) is 0 Å². The molecule has 0 aliphatic carbocycles. The fraction of sp³-hybridized carbons (Fsp3) is 0.471. The van der Waals surface area contributed by atoms with Crippen molar-refractivity contribution >= 4 is 0 Å². The normalized spacial score (nSPS) is 12.9. The van der Waals surface area contributed by atoms with Gasteiger partial charge in [0.2, 0.25) is 0 Å². The van der Waals surface area contributed by atoms with Gasteiger partial charge in [-0.25, -0.2) is 4.68 Å². The number of nitrogens with zero attached hydrogens (tertiary/aromatic N) is 2. The molecule has 0 fully saturated rings. The van der Waals surface area contributed by atoms with Crippen LogP contribution >= 0.6 is 0 Å². The van der Waals surface area contributed by atoms with E-state index in [2.05, 4.69) is 25.0 Å². The number of aryl methyl sites for hydroxylation is 1. The number of rotatable bonds is 6. The quantitative estimate of drug-likeness (QED) is 0.858. The maximum atomic E-state index is 9.87. The highest BCUT2D eigenvalue weighted by atomic mass is 16.3. The molecule has 0 aliphatic rings. The van der Waals surface area contributed by atoms with Gasteiger partial charge in [0.05, 0.1) is 18.0 Å². The summed E-state index contributed by atoms with van der Waals surface area (Å²) in [7, 11) is 0. The second kappa shape index (κ2) is 6.87. The van der Waals surface area contributed by atoms with Crippen LogP contribution in [-0.4, -0.2) is 26.6 Å². The van der Waals surface area contributed by atoms with Crippen molar-refractivity contribution in [1.29, 1.82) is 0 Å². The number of aliphatic hydroxyl groups is 2. The topological polar surface area (TPSA) is 58.3 Å². The van der Waals surface area contributed by atoms with Gasteiger partial charge in [-0.1, -0.05) is 26.0 Å². The van der Waals surface area contributed by atoms with E-state index in [9.17, 15) is 5.11 Å². The fourth-order valence-electron chi connectivity index (χ4n) is 2.69. The summed E-state index contributed by atoms with van der Waals surface area (Å²) in [5.74, 6) is 0.463. The third kappa shape index (κ3) is 3.34. The van der Waals surface area contributed by atoms with Crippen molar-refractivity contribution in [3.8, 4) is 5.69 Å². The maximum absolute atomic E-state index is 9.87. The molecule has 2 N–H and O–H groups in total. The minimum Gasteiger partial charge on any atom is -0.393 e. The lowest BCUT2D eigenvalue weighted by molar-refractivity contribution is 0.0956. The summed E-state index contributed by atoms with van der Waals surface area (Å²) >= 11 is 0. The highest BCUT2D eigenvalue weighted by Crippen LogP contribution is 2.30. The Balaban J connectivity index is 2.54. The van der Waals surface area contributed by atoms with E-state index >= 15 is 0 Å². The summed E-state index contributed by atoms with van der Waals surface area (Å²) in [6.45, 7) is 6.05. The molecule has 0 amide bonds. The molecule has 2 rings (SSSR count). The van der Waals surface area contributed by atoms with Crippen molar-refractivity contribution in [3.63, 3.8) is 0 Å². The van der Waals surface area contributed by atoms with Gasteiger partial charge < -0.3 is 10.2 Å². The Hall–Kier alpha value is -1.65. The molecule has 4 nitrogen and oxygen atoms in total. The summed E-state index contributed by atoms with van der Waals surface area (Å²) in [6.07, 6.45) is 3.21. The highest BCUT2D eigenvalue weighted by molar-refractivity contribution is 5.46. The molecule has 0 radical (unpaired) electrons. The minimum absolute atomic E-state index is 0.276. The summed E-state index contributed by atoms with van der Waals surface area (Å²) in [4.78, 5) is 0. The van der Waals surface area contributed by atoms with Crippen molar-refractivity contribution in [2.24, 2.45) is 0 Å². The smallest absolute Gasteiger partial charge is 0.102 e. The van der Waals surface area contributed by atoms with E-state index in [1.54, 1.807) is 0 Å². The first-order chi connectivity index (χ1) is 10.1. The van der Waals surface area contributed by atoms with Crippen molar-refractivity contribution in [1.82, 2.24) is 9.78 Å². The van der Waals surface area contributed by atoms with E-state index in [1.807, 2.05) is 36.0 Å². The first-order valence-electron chi connectivity index (χ1n) is 7.56. The van der Waals surface area contributed by atoms with Crippen molar-refractivity contribution in [2.75, 3.05) is 6.61 Å². The van der Waals surface area contributed by atoms with Gasteiger partial charge in [-0.2, -0.15) is 5.10 Å². The lowest BCUT2D eigenvalue weighted by Crippen LogP contribution is -2.09. The van der Waals surface area contributed by atoms with Crippen LogP contribution in [0.3, 0.4) is 0 Å². The maximum Gasteiger partial charge on any atom is 0.102 e. The van der Waals surface area contributed by atoms with E-state index in [1.165, 1.54) is 5.56 Å². The minimum atomic E-state index is -0.851. The van der Waals surface area contributed by atoms with Crippen molar-refractivity contribution in [2.45, 2.75) is 45.6 Å². The molecule has 2 aromatic rings. The van der Waals surface area contributed by atoms with Gasteiger partial charge >= 0.3 is 0 Å². The number of aromatic nitrogens is 2. The number of aliphatic hydroxyl groups excluding tert-OH is 2. The number of hydrogen-bond donors (Lipinski definition) is 2. The lowest BCUT2D eigenvalue weighted by atomic mass is 9.91. The van der Waals surface area contributed by atoms with Gasteiger partial charge in [0.1, 0.15) is 6.10 Å². The molecule has 0 saturated carbocycles. The molecule has 0 aliphatic heterocycles. The standard InChI is InChI=1S/C17H24N2O2/c1-4-13(5-2)15-7-6-14(17(21)11-20)10-16(15)19-9-8-12(3)18-19/h6-10,13,17,20-21H,4-5,11H2,1-3H3. The van der Waals surface area contributed by atoms with Gasteiger partial charge in [0, 0.05) is 6.20 Å². The first kappa shape index (κ1) is 15.7. The van der Waals surface area contributed by atoms with Crippen LogP contribution in [0.4, 0.5) is 0 Å². The van der Waals surface area contributed by atoms with Gasteiger partial charge in [-0.15, -0.1) is 0 Å². The number of hydrogen-bond acceptors (Lipinski definition) is 3. The predicted octanol–water partition coefficient (Wildman–Crippen LogP) is 3.11. The van der Waals surface area contributed by atoms with Crippen LogP contribution in [0.15, 0.2) is 30.5 Å². The van der Waals surface area contributed by atoms with Gasteiger partial charge in [-0.05, 0) is 48.9 Å². The Morgan fingerprint density at radius 1 is 1.19 bits per heavy atom. The Morgan fingerprint density at radius 2 is 1.90 bits per heavy atom. The predicted molar refractivity (Wildman–Crippen MR) is 83.7 cm³/mol. The Labute approximate surface area is 126 Å². The van der Waals surface area contributed by atoms with Gasteiger partial charge in [-0.3, -0.25) is 0 Å². The molecule has 0 saturated heterocycles. The second-order valence-corrected chi connectivity index (χ2v) is 5.43. The Kier molecular flexibility index (Phi) is 5.15. The third-order valence-electron chi connectivity index (χ3n) is 4.01. The van der Waals surface area contributed by atoms with E-state index in [0.29, 0.717) is 5.92 Å². The average Bonchev–Trinajstić information content (AvgIpc) is 2.94. The summed E-state index contributed by atoms with van der Waals surface area (Å²) in [5, 5.41) is 23.5. The van der Waals surface area contributed by atoms with E-state index < -0.39 is 6.10 Å². The Morgan fingerprint density at radius 3 is 2.43 bits per heavy atom. The second-order valence-electron chi connectivity index (χ2n) is 5.43. The molecular weight excluding hydrogens is 264 g/mol. The Bertz CT molecular complexity index is 588.